The van der Waals surface area contributed by atoms with E-state index in [1.54, 1.807) is 23.7 Å². The van der Waals surface area contributed by atoms with Crippen molar-refractivity contribution >= 4 is 27.6 Å². The Morgan fingerprint density at radius 2 is 1.74 bits per heavy atom. The van der Waals surface area contributed by atoms with Gasteiger partial charge in [0.25, 0.3) is 11.5 Å². The van der Waals surface area contributed by atoms with Crippen LogP contribution < -0.4 is 4.57 Å². The molecule has 0 fully saturated rings. The van der Waals surface area contributed by atoms with Crippen molar-refractivity contribution in [1.29, 1.82) is 0 Å². The smallest absolute Gasteiger partial charge is 0.277 e. The number of hydrogen-bond donors (Lipinski definition) is 1. The van der Waals surface area contributed by atoms with Gasteiger partial charge in [0, 0.05) is 22.4 Å². The van der Waals surface area contributed by atoms with Crippen LogP contribution in [0.4, 0.5) is 4.39 Å². The van der Waals surface area contributed by atoms with Crippen molar-refractivity contribution in [2.75, 3.05) is 0 Å². The van der Waals surface area contributed by atoms with E-state index >= 15 is 0 Å². The van der Waals surface area contributed by atoms with E-state index in [1.807, 2.05) is 36.5 Å². The third-order valence-corrected chi connectivity index (χ3v) is 4.13. The molecular formula is C19H14FN2O+. The number of halogens is 1. The van der Waals surface area contributed by atoms with E-state index in [9.17, 15) is 9.18 Å². The highest BCUT2D eigenvalue weighted by Crippen LogP contribution is 2.27. The number of fused-ring (bicyclic) bond motifs is 3. The Hall–Kier alpha value is -3.01. The lowest BCUT2D eigenvalue weighted by molar-refractivity contribution is -0.672. The fraction of sp³-hybridized carbons (Fsp3) is 0.0526. The molecule has 2 aromatic heterocycles. The minimum atomic E-state index is -0.509. The van der Waals surface area contributed by atoms with Crippen LogP contribution in [0, 0.1) is 5.82 Å². The zero-order valence-corrected chi connectivity index (χ0v) is 12.5. The number of nitrogens with one attached hydrogen (secondary N) is 1. The van der Waals surface area contributed by atoms with Crippen molar-refractivity contribution in [1.82, 2.24) is 4.98 Å². The molecule has 4 heteroatoms. The number of para-hydroxylation sites is 1. The van der Waals surface area contributed by atoms with Gasteiger partial charge in [-0.15, -0.1) is 0 Å². The SMILES string of the molecule is C[n+]1ccc2c([nH]c3ccccc32)c1C(=O)c1ccccc1F. The van der Waals surface area contributed by atoms with Gasteiger partial charge in [-0.2, -0.15) is 4.57 Å². The van der Waals surface area contributed by atoms with Gasteiger partial charge in [0.2, 0.25) is 0 Å². The van der Waals surface area contributed by atoms with Gasteiger partial charge in [0.05, 0.1) is 5.56 Å². The summed E-state index contributed by atoms with van der Waals surface area (Å²) in [5.41, 5.74) is 2.21. The van der Waals surface area contributed by atoms with Crippen LogP contribution in [0.5, 0.6) is 0 Å². The zero-order chi connectivity index (χ0) is 16.0. The standard InChI is InChI=1S/C19H13FN2O/c1-22-11-10-13-12-6-3-5-9-16(12)21-17(13)18(22)19(23)14-7-2-4-8-15(14)20/h2-11H,1H3/p+1. The third kappa shape index (κ3) is 2.03. The van der Waals surface area contributed by atoms with Crippen LogP contribution in [-0.2, 0) is 7.05 Å². The second kappa shape index (κ2) is 5.02. The number of benzene rings is 2. The van der Waals surface area contributed by atoms with Crippen molar-refractivity contribution in [3.05, 3.63) is 77.9 Å². The molecule has 0 amide bonds. The van der Waals surface area contributed by atoms with Gasteiger partial charge < -0.3 is 4.98 Å². The van der Waals surface area contributed by atoms with Crippen molar-refractivity contribution in [3.63, 3.8) is 0 Å². The van der Waals surface area contributed by atoms with Crippen LogP contribution in [0.1, 0.15) is 16.1 Å². The lowest BCUT2D eigenvalue weighted by Gasteiger charge is -2.02. The first-order chi connectivity index (χ1) is 11.2. The molecule has 112 valence electrons. The maximum atomic E-state index is 14.0. The molecule has 0 bridgehead atoms. The minimum Gasteiger partial charge on any atom is -0.349 e. The average molecular weight is 305 g/mol. The van der Waals surface area contributed by atoms with Gasteiger partial charge in [-0.3, -0.25) is 4.79 Å². The van der Waals surface area contributed by atoms with Crippen molar-refractivity contribution in [3.8, 4) is 0 Å². The number of aryl methyl sites for hydroxylation is 1. The van der Waals surface area contributed by atoms with Gasteiger partial charge >= 0.3 is 0 Å². The number of hydrogen-bond acceptors (Lipinski definition) is 1. The number of ketones is 1. The molecule has 2 aromatic carbocycles. The molecule has 4 aromatic rings. The summed E-state index contributed by atoms with van der Waals surface area (Å²) in [6.45, 7) is 0. The van der Waals surface area contributed by atoms with Crippen molar-refractivity contribution in [2.24, 2.45) is 7.05 Å². The molecule has 0 atom stereocenters. The predicted octanol–water partition coefficient (Wildman–Crippen LogP) is 3.52. The van der Waals surface area contributed by atoms with E-state index in [-0.39, 0.29) is 11.3 Å². The topological polar surface area (TPSA) is 36.7 Å². The lowest BCUT2D eigenvalue weighted by Crippen LogP contribution is -2.36. The van der Waals surface area contributed by atoms with Crippen LogP contribution in [0.25, 0.3) is 21.8 Å². The first-order valence-electron chi connectivity index (χ1n) is 7.35. The monoisotopic (exact) mass is 305 g/mol. The van der Waals surface area contributed by atoms with Crippen LogP contribution in [-0.4, -0.2) is 10.8 Å². The molecule has 23 heavy (non-hydrogen) atoms. The fourth-order valence-corrected chi connectivity index (χ4v) is 3.01. The number of carbonyl (C=O) groups is 1. The summed E-state index contributed by atoms with van der Waals surface area (Å²) in [4.78, 5) is 16.2. The van der Waals surface area contributed by atoms with E-state index in [2.05, 4.69) is 4.98 Å². The van der Waals surface area contributed by atoms with Crippen LogP contribution >= 0.6 is 0 Å². The summed E-state index contributed by atoms with van der Waals surface area (Å²) < 4.78 is 15.8. The molecule has 3 nitrogen and oxygen atoms in total. The highest BCUT2D eigenvalue weighted by atomic mass is 19.1. The molecule has 0 spiro atoms. The van der Waals surface area contributed by atoms with Gasteiger partial charge in [0.15, 0.2) is 6.20 Å². The van der Waals surface area contributed by atoms with Gasteiger partial charge in [-0.05, 0) is 18.2 Å². The summed E-state index contributed by atoms with van der Waals surface area (Å²) in [7, 11) is 1.79. The maximum Gasteiger partial charge on any atom is 0.277 e. The molecule has 1 N–H and O–H groups in total. The van der Waals surface area contributed by atoms with Gasteiger partial charge in [-0.25, -0.2) is 4.39 Å². The summed E-state index contributed by atoms with van der Waals surface area (Å²) in [5.74, 6) is -0.839. The summed E-state index contributed by atoms with van der Waals surface area (Å²) in [5, 5.41) is 2.00. The van der Waals surface area contributed by atoms with E-state index < -0.39 is 5.82 Å². The second-order valence-electron chi connectivity index (χ2n) is 5.54. The summed E-state index contributed by atoms with van der Waals surface area (Å²) in [6.07, 6.45) is 1.83. The Morgan fingerprint density at radius 1 is 1.00 bits per heavy atom. The number of rotatable bonds is 2. The summed E-state index contributed by atoms with van der Waals surface area (Å²) >= 11 is 0. The lowest BCUT2D eigenvalue weighted by atomic mass is 10.0. The fourth-order valence-electron chi connectivity index (χ4n) is 3.01. The normalized spacial score (nSPS) is 11.2. The Bertz CT molecular complexity index is 1070. The molecule has 0 radical (unpaired) electrons. The molecule has 4 rings (SSSR count). The van der Waals surface area contributed by atoms with Crippen LogP contribution in [0.15, 0.2) is 60.8 Å². The largest absolute Gasteiger partial charge is 0.349 e. The molecule has 0 unspecified atom stereocenters. The average Bonchev–Trinajstić information content (AvgIpc) is 2.93. The van der Waals surface area contributed by atoms with E-state index in [4.69, 9.17) is 0 Å². The first kappa shape index (κ1) is 13.6. The van der Waals surface area contributed by atoms with E-state index in [0.717, 1.165) is 21.8 Å². The quantitative estimate of drug-likeness (QED) is 0.446. The first-order valence-corrected chi connectivity index (χ1v) is 7.35. The number of H-pyrrole nitrogens is 1. The Kier molecular flexibility index (Phi) is 2.98. The maximum absolute atomic E-state index is 14.0. The molecular weight excluding hydrogens is 291 g/mol. The minimum absolute atomic E-state index is 0.0780. The molecule has 0 aliphatic carbocycles. The molecule has 2 heterocycles. The van der Waals surface area contributed by atoms with E-state index in [0.29, 0.717) is 5.69 Å². The molecule has 0 saturated heterocycles. The molecule has 0 saturated carbocycles. The van der Waals surface area contributed by atoms with Crippen LogP contribution in [0.3, 0.4) is 0 Å². The van der Waals surface area contributed by atoms with Crippen molar-refractivity contribution < 1.29 is 13.8 Å². The number of carbonyl (C=O) groups excluding carboxylic acids is 1. The molecule has 0 aliphatic heterocycles. The number of aromatic nitrogens is 2. The number of pyridine rings is 1. The van der Waals surface area contributed by atoms with Crippen molar-refractivity contribution in [2.45, 2.75) is 0 Å². The number of nitrogens with zero attached hydrogens (tertiary/aromatic N) is 1. The predicted molar refractivity (Wildman–Crippen MR) is 86.8 cm³/mol. The highest BCUT2D eigenvalue weighted by Gasteiger charge is 2.26. The van der Waals surface area contributed by atoms with Gasteiger partial charge in [-0.1, -0.05) is 30.3 Å². The third-order valence-electron chi connectivity index (χ3n) is 4.13. The Morgan fingerprint density at radius 3 is 2.57 bits per heavy atom. The molecule has 0 aliphatic rings. The zero-order valence-electron chi connectivity index (χ0n) is 12.5. The van der Waals surface area contributed by atoms with E-state index in [1.165, 1.54) is 12.1 Å². The van der Waals surface area contributed by atoms with Crippen LogP contribution in [0.2, 0.25) is 0 Å². The second-order valence-corrected chi connectivity index (χ2v) is 5.54. The summed E-state index contributed by atoms with van der Waals surface area (Å²) in [6, 6.07) is 15.9. The Balaban J connectivity index is 2.05. The number of aromatic amines is 1. The van der Waals surface area contributed by atoms with Gasteiger partial charge in [0.1, 0.15) is 18.4 Å². The Labute approximate surface area is 132 Å². The highest BCUT2D eigenvalue weighted by molar-refractivity contribution is 6.17.